The highest BCUT2D eigenvalue weighted by Gasteiger charge is 2.26. The number of benzene rings is 1. The van der Waals surface area contributed by atoms with Crippen molar-refractivity contribution >= 4 is 33.3 Å². The molecule has 0 spiro atoms. The zero-order valence-electron chi connectivity index (χ0n) is 11.6. The number of aryl methyl sites for hydroxylation is 1. The molecule has 6 nitrogen and oxygen atoms in total. The quantitative estimate of drug-likeness (QED) is 0.813. The highest BCUT2D eigenvalue weighted by Crippen LogP contribution is 2.20. The van der Waals surface area contributed by atoms with Crippen LogP contribution in [0.4, 0.5) is 0 Å². The van der Waals surface area contributed by atoms with E-state index in [0.29, 0.717) is 10.6 Å². The van der Waals surface area contributed by atoms with Crippen molar-refractivity contribution in [1.82, 2.24) is 5.32 Å². The number of rotatable bonds is 6. The van der Waals surface area contributed by atoms with E-state index < -0.39 is 33.5 Å². The molecule has 0 aliphatic heterocycles. The molecule has 0 radical (unpaired) electrons. The fraction of sp³-hybridized carbons (Fsp3) is 0.385. The number of amides is 1. The van der Waals surface area contributed by atoms with Crippen LogP contribution in [0.15, 0.2) is 18.2 Å². The Morgan fingerprint density at radius 1 is 1.38 bits per heavy atom. The molecule has 1 aromatic rings. The Morgan fingerprint density at radius 3 is 2.48 bits per heavy atom. The van der Waals surface area contributed by atoms with Gasteiger partial charge in [0.2, 0.25) is 5.91 Å². The van der Waals surface area contributed by atoms with Gasteiger partial charge in [-0.25, -0.2) is 13.2 Å². The second-order valence-electron chi connectivity index (χ2n) is 4.74. The first-order valence-electron chi connectivity index (χ1n) is 6.06. The molecule has 0 bridgehead atoms. The SMILES string of the molecule is CC(=O)N[C@@H](CS(=O)(=O)Cc1ccc(C)cc1Cl)C(=O)O. The van der Waals surface area contributed by atoms with Gasteiger partial charge in [0, 0.05) is 11.9 Å². The van der Waals surface area contributed by atoms with Crippen molar-refractivity contribution in [2.24, 2.45) is 0 Å². The lowest BCUT2D eigenvalue weighted by atomic mass is 10.2. The van der Waals surface area contributed by atoms with Gasteiger partial charge < -0.3 is 10.4 Å². The van der Waals surface area contributed by atoms with Crippen LogP contribution in [-0.4, -0.2) is 37.2 Å². The summed E-state index contributed by atoms with van der Waals surface area (Å²) in [5.41, 5.74) is 1.29. The summed E-state index contributed by atoms with van der Waals surface area (Å²) in [6.07, 6.45) is 0. The van der Waals surface area contributed by atoms with Crippen LogP contribution >= 0.6 is 11.6 Å². The van der Waals surface area contributed by atoms with E-state index in [1.165, 1.54) is 0 Å². The molecule has 0 aliphatic carbocycles. The van der Waals surface area contributed by atoms with E-state index in [0.717, 1.165) is 12.5 Å². The van der Waals surface area contributed by atoms with Gasteiger partial charge in [-0.05, 0) is 24.1 Å². The Kier molecular flexibility index (Phi) is 5.74. The van der Waals surface area contributed by atoms with Crippen LogP contribution in [0.2, 0.25) is 5.02 Å². The molecule has 1 aromatic carbocycles. The van der Waals surface area contributed by atoms with Crippen LogP contribution < -0.4 is 5.32 Å². The zero-order chi connectivity index (χ0) is 16.2. The van der Waals surface area contributed by atoms with E-state index in [9.17, 15) is 18.0 Å². The number of carbonyl (C=O) groups excluding carboxylic acids is 1. The molecule has 21 heavy (non-hydrogen) atoms. The minimum Gasteiger partial charge on any atom is -0.480 e. The first kappa shape index (κ1) is 17.5. The number of nitrogens with one attached hydrogen (secondary N) is 1. The maximum Gasteiger partial charge on any atom is 0.327 e. The topological polar surface area (TPSA) is 101 Å². The summed E-state index contributed by atoms with van der Waals surface area (Å²) >= 11 is 5.97. The van der Waals surface area contributed by atoms with Crippen molar-refractivity contribution in [2.45, 2.75) is 25.6 Å². The van der Waals surface area contributed by atoms with Gasteiger partial charge in [-0.2, -0.15) is 0 Å². The third kappa shape index (κ3) is 5.73. The summed E-state index contributed by atoms with van der Waals surface area (Å²) in [6, 6.07) is 3.47. The summed E-state index contributed by atoms with van der Waals surface area (Å²) in [4.78, 5) is 21.9. The second kappa shape index (κ2) is 6.91. The molecule has 8 heteroatoms. The molecule has 1 atom stereocenters. The fourth-order valence-electron chi connectivity index (χ4n) is 1.74. The monoisotopic (exact) mass is 333 g/mol. The highest BCUT2D eigenvalue weighted by molar-refractivity contribution is 7.90. The Morgan fingerprint density at radius 2 is 2.00 bits per heavy atom. The van der Waals surface area contributed by atoms with Crippen molar-refractivity contribution < 1.29 is 23.1 Å². The molecule has 0 aliphatic rings. The molecule has 0 aromatic heterocycles. The number of carboxylic acids is 1. The summed E-state index contributed by atoms with van der Waals surface area (Å²) < 4.78 is 24.1. The van der Waals surface area contributed by atoms with E-state index >= 15 is 0 Å². The summed E-state index contributed by atoms with van der Waals surface area (Å²) in [5.74, 6) is -3.07. The van der Waals surface area contributed by atoms with Crippen LogP contribution in [-0.2, 0) is 25.2 Å². The standard InChI is InChI=1S/C13H16ClNO5S/c1-8-3-4-10(11(14)5-8)6-21(19,20)7-12(13(17)18)15-9(2)16/h3-5,12H,6-7H2,1-2H3,(H,15,16)(H,17,18)/t12-/m0/s1. The third-order valence-electron chi connectivity index (χ3n) is 2.68. The van der Waals surface area contributed by atoms with Crippen LogP contribution in [0.3, 0.4) is 0 Å². The van der Waals surface area contributed by atoms with Crippen molar-refractivity contribution in [3.8, 4) is 0 Å². The molecule has 2 N–H and O–H groups in total. The predicted molar refractivity (Wildman–Crippen MR) is 78.9 cm³/mol. The van der Waals surface area contributed by atoms with Gasteiger partial charge in [-0.15, -0.1) is 0 Å². The Hall–Kier alpha value is -1.60. The largest absolute Gasteiger partial charge is 0.480 e. The lowest BCUT2D eigenvalue weighted by molar-refractivity contribution is -0.140. The molecule has 116 valence electrons. The van der Waals surface area contributed by atoms with Gasteiger partial charge in [-0.1, -0.05) is 23.7 Å². The zero-order valence-corrected chi connectivity index (χ0v) is 13.2. The maximum atomic E-state index is 12.1. The molecule has 0 unspecified atom stereocenters. The van der Waals surface area contributed by atoms with Crippen LogP contribution in [0, 0.1) is 6.92 Å². The molecule has 0 saturated carbocycles. The number of hydrogen-bond acceptors (Lipinski definition) is 4. The van der Waals surface area contributed by atoms with E-state index in [1.807, 2.05) is 6.92 Å². The van der Waals surface area contributed by atoms with Gasteiger partial charge in [0.15, 0.2) is 9.84 Å². The fourth-order valence-corrected chi connectivity index (χ4v) is 3.70. The van der Waals surface area contributed by atoms with Crippen molar-refractivity contribution in [3.63, 3.8) is 0 Å². The Balaban J connectivity index is 2.90. The lowest BCUT2D eigenvalue weighted by Crippen LogP contribution is -2.44. The van der Waals surface area contributed by atoms with Crippen LogP contribution in [0.1, 0.15) is 18.1 Å². The average molecular weight is 334 g/mol. The minimum atomic E-state index is -3.74. The summed E-state index contributed by atoms with van der Waals surface area (Å²) in [6.45, 7) is 2.95. The van der Waals surface area contributed by atoms with Gasteiger partial charge in [-0.3, -0.25) is 4.79 Å². The van der Waals surface area contributed by atoms with Crippen LogP contribution in [0.25, 0.3) is 0 Å². The number of carboxylic acid groups (broad SMARTS) is 1. The normalized spacial score (nSPS) is 12.7. The Labute approximate surface area is 128 Å². The van der Waals surface area contributed by atoms with Gasteiger partial charge in [0.05, 0.1) is 11.5 Å². The first-order chi connectivity index (χ1) is 9.60. The Bertz CT molecular complexity index is 657. The molecule has 1 amide bonds. The molecular formula is C13H16ClNO5S. The third-order valence-corrected chi connectivity index (χ3v) is 4.62. The average Bonchev–Trinajstić information content (AvgIpc) is 2.31. The molecule has 0 saturated heterocycles. The predicted octanol–water partition coefficient (Wildman–Crippen LogP) is 1.15. The van der Waals surface area contributed by atoms with Crippen molar-refractivity contribution in [3.05, 3.63) is 34.3 Å². The number of aliphatic carboxylic acids is 1. The number of carbonyl (C=O) groups is 2. The van der Waals surface area contributed by atoms with Crippen molar-refractivity contribution in [1.29, 1.82) is 0 Å². The number of hydrogen-bond donors (Lipinski definition) is 2. The van der Waals surface area contributed by atoms with E-state index in [-0.39, 0.29) is 5.75 Å². The smallest absolute Gasteiger partial charge is 0.327 e. The molecule has 1 rings (SSSR count). The van der Waals surface area contributed by atoms with Gasteiger partial charge >= 0.3 is 5.97 Å². The first-order valence-corrected chi connectivity index (χ1v) is 8.26. The number of sulfone groups is 1. The highest BCUT2D eigenvalue weighted by atomic mass is 35.5. The van der Waals surface area contributed by atoms with E-state index in [1.54, 1.807) is 18.2 Å². The number of halogens is 1. The summed E-state index contributed by atoms with van der Waals surface area (Å²) in [7, 11) is -3.74. The maximum absolute atomic E-state index is 12.1. The van der Waals surface area contributed by atoms with Gasteiger partial charge in [0.25, 0.3) is 0 Å². The molecular weight excluding hydrogens is 318 g/mol. The van der Waals surface area contributed by atoms with Crippen molar-refractivity contribution in [2.75, 3.05) is 5.75 Å². The second-order valence-corrected chi connectivity index (χ2v) is 7.26. The van der Waals surface area contributed by atoms with Crippen LogP contribution in [0.5, 0.6) is 0 Å². The minimum absolute atomic E-state index is 0.310. The summed E-state index contributed by atoms with van der Waals surface area (Å²) in [5, 5.41) is 11.3. The lowest BCUT2D eigenvalue weighted by Gasteiger charge is -2.14. The molecule has 0 fully saturated rings. The molecule has 0 heterocycles. The van der Waals surface area contributed by atoms with E-state index in [2.05, 4.69) is 5.32 Å². The van der Waals surface area contributed by atoms with Gasteiger partial charge in [0.1, 0.15) is 6.04 Å². The van der Waals surface area contributed by atoms with E-state index in [4.69, 9.17) is 16.7 Å².